The summed E-state index contributed by atoms with van der Waals surface area (Å²) in [4.78, 5) is 0. The Kier molecular flexibility index (Phi) is 3.95. The Bertz CT molecular complexity index is 486. The first-order valence-corrected chi connectivity index (χ1v) is 5.61. The molecule has 1 aromatic carbocycles. The molecule has 0 fully saturated rings. The van der Waals surface area contributed by atoms with Crippen molar-refractivity contribution in [3.05, 3.63) is 40.7 Å². The van der Waals surface area contributed by atoms with Crippen LogP contribution in [0.1, 0.15) is 11.5 Å². The molecular weight excluding hydrogens is 240 g/mol. The third kappa shape index (κ3) is 3.44. The smallest absolute Gasteiger partial charge is 0.315 e. The lowest BCUT2D eigenvalue weighted by Crippen LogP contribution is -2.04. The fourth-order valence-electron chi connectivity index (χ4n) is 1.37. The standard InChI is InChI=1S/C11H13ClN4O/c1-13-7-10-15-16-11(17-10)14-6-8-3-2-4-9(12)5-8/h2-5,13H,6-7H2,1H3,(H,14,16). The van der Waals surface area contributed by atoms with Crippen LogP contribution in [0.3, 0.4) is 0 Å². The average Bonchev–Trinajstić information content (AvgIpc) is 2.75. The summed E-state index contributed by atoms with van der Waals surface area (Å²) < 4.78 is 5.35. The lowest BCUT2D eigenvalue weighted by molar-refractivity contribution is 0.489. The van der Waals surface area contributed by atoms with Crippen molar-refractivity contribution in [1.82, 2.24) is 15.5 Å². The molecule has 0 saturated heterocycles. The second kappa shape index (κ2) is 5.65. The molecule has 0 aliphatic rings. The lowest BCUT2D eigenvalue weighted by atomic mass is 10.2. The summed E-state index contributed by atoms with van der Waals surface area (Å²) in [6, 6.07) is 8.01. The highest BCUT2D eigenvalue weighted by Gasteiger charge is 2.04. The van der Waals surface area contributed by atoms with Gasteiger partial charge in [-0.3, -0.25) is 0 Å². The van der Waals surface area contributed by atoms with E-state index < -0.39 is 0 Å². The molecule has 0 spiro atoms. The molecule has 0 aliphatic heterocycles. The van der Waals surface area contributed by atoms with Crippen molar-refractivity contribution >= 4 is 17.6 Å². The molecule has 0 aliphatic carbocycles. The lowest BCUT2D eigenvalue weighted by Gasteiger charge is -2.01. The Balaban J connectivity index is 1.93. The molecule has 0 radical (unpaired) electrons. The highest BCUT2D eigenvalue weighted by Crippen LogP contribution is 2.12. The number of anilines is 1. The molecule has 17 heavy (non-hydrogen) atoms. The van der Waals surface area contributed by atoms with Crippen LogP contribution in [0.5, 0.6) is 0 Å². The van der Waals surface area contributed by atoms with Gasteiger partial charge in [-0.15, -0.1) is 5.10 Å². The third-order valence-electron chi connectivity index (χ3n) is 2.13. The van der Waals surface area contributed by atoms with E-state index in [2.05, 4.69) is 20.8 Å². The number of halogens is 1. The molecule has 6 heteroatoms. The molecule has 2 N–H and O–H groups in total. The summed E-state index contributed by atoms with van der Waals surface area (Å²) in [7, 11) is 1.82. The topological polar surface area (TPSA) is 63.0 Å². The van der Waals surface area contributed by atoms with Gasteiger partial charge < -0.3 is 15.1 Å². The predicted molar refractivity (Wildman–Crippen MR) is 65.8 cm³/mol. The number of hydrogen-bond acceptors (Lipinski definition) is 5. The van der Waals surface area contributed by atoms with Crippen molar-refractivity contribution in [2.24, 2.45) is 0 Å². The Morgan fingerprint density at radius 1 is 1.29 bits per heavy atom. The summed E-state index contributed by atoms with van der Waals surface area (Å²) in [6.45, 7) is 1.16. The zero-order valence-electron chi connectivity index (χ0n) is 9.40. The molecule has 1 heterocycles. The number of benzene rings is 1. The molecule has 5 nitrogen and oxygen atoms in total. The van der Waals surface area contributed by atoms with Gasteiger partial charge in [0.05, 0.1) is 6.54 Å². The number of rotatable bonds is 5. The summed E-state index contributed by atoms with van der Waals surface area (Å²) >= 11 is 5.88. The molecule has 0 unspecified atom stereocenters. The Morgan fingerprint density at radius 3 is 2.94 bits per heavy atom. The Labute approximate surface area is 104 Å². The number of hydrogen-bond donors (Lipinski definition) is 2. The highest BCUT2D eigenvalue weighted by molar-refractivity contribution is 6.30. The van der Waals surface area contributed by atoms with E-state index in [4.69, 9.17) is 16.0 Å². The van der Waals surface area contributed by atoms with Crippen molar-refractivity contribution in [3.8, 4) is 0 Å². The maximum absolute atomic E-state index is 5.88. The third-order valence-corrected chi connectivity index (χ3v) is 2.36. The van der Waals surface area contributed by atoms with E-state index in [1.54, 1.807) is 0 Å². The molecule has 0 bridgehead atoms. The van der Waals surface area contributed by atoms with E-state index in [9.17, 15) is 0 Å². The normalized spacial score (nSPS) is 10.5. The molecule has 0 saturated carbocycles. The molecule has 1 aromatic heterocycles. The number of aromatic nitrogens is 2. The van der Waals surface area contributed by atoms with Crippen molar-refractivity contribution in [2.75, 3.05) is 12.4 Å². The summed E-state index contributed by atoms with van der Waals surface area (Å²) in [5.74, 6) is 0.557. The van der Waals surface area contributed by atoms with Crippen LogP contribution in [0.2, 0.25) is 5.02 Å². The predicted octanol–water partition coefficient (Wildman–Crippen LogP) is 2.05. The fraction of sp³-hybridized carbons (Fsp3) is 0.273. The van der Waals surface area contributed by atoms with E-state index in [-0.39, 0.29) is 0 Å². The largest absolute Gasteiger partial charge is 0.407 e. The minimum atomic E-state index is 0.412. The summed E-state index contributed by atoms with van der Waals surface area (Å²) in [5.41, 5.74) is 1.06. The van der Waals surface area contributed by atoms with E-state index in [1.165, 1.54) is 0 Å². The van der Waals surface area contributed by atoms with Crippen molar-refractivity contribution in [3.63, 3.8) is 0 Å². The molecule has 0 amide bonds. The van der Waals surface area contributed by atoms with Crippen LogP contribution >= 0.6 is 11.6 Å². The van der Waals surface area contributed by atoms with Crippen LogP contribution in [-0.4, -0.2) is 17.2 Å². The maximum atomic E-state index is 5.88. The van der Waals surface area contributed by atoms with Crippen LogP contribution in [0.4, 0.5) is 6.01 Å². The van der Waals surface area contributed by atoms with Crippen LogP contribution in [0.25, 0.3) is 0 Å². The second-order valence-electron chi connectivity index (χ2n) is 3.51. The van der Waals surface area contributed by atoms with Gasteiger partial charge in [0.15, 0.2) is 0 Å². The van der Waals surface area contributed by atoms with Gasteiger partial charge in [0, 0.05) is 11.6 Å². The van der Waals surface area contributed by atoms with Crippen LogP contribution < -0.4 is 10.6 Å². The van der Waals surface area contributed by atoms with Gasteiger partial charge in [0.2, 0.25) is 5.89 Å². The zero-order valence-corrected chi connectivity index (χ0v) is 10.2. The van der Waals surface area contributed by atoms with Crippen molar-refractivity contribution in [1.29, 1.82) is 0 Å². The average molecular weight is 253 g/mol. The maximum Gasteiger partial charge on any atom is 0.315 e. The van der Waals surface area contributed by atoms with E-state index >= 15 is 0 Å². The van der Waals surface area contributed by atoms with E-state index in [0.717, 1.165) is 5.56 Å². The zero-order chi connectivity index (χ0) is 12.1. The van der Waals surface area contributed by atoms with Gasteiger partial charge in [-0.25, -0.2) is 0 Å². The van der Waals surface area contributed by atoms with E-state index in [1.807, 2.05) is 31.3 Å². The first-order chi connectivity index (χ1) is 8.28. The van der Waals surface area contributed by atoms with Crippen LogP contribution in [0, 0.1) is 0 Å². The molecule has 90 valence electrons. The minimum absolute atomic E-state index is 0.412. The Hall–Kier alpha value is -1.59. The SMILES string of the molecule is CNCc1nnc(NCc2cccc(Cl)c2)o1. The van der Waals surface area contributed by atoms with Crippen molar-refractivity contribution in [2.45, 2.75) is 13.1 Å². The van der Waals surface area contributed by atoms with Gasteiger partial charge >= 0.3 is 6.01 Å². The molecule has 2 aromatic rings. The van der Waals surface area contributed by atoms with Gasteiger partial charge in [-0.05, 0) is 24.7 Å². The number of nitrogens with one attached hydrogen (secondary N) is 2. The van der Waals surface area contributed by atoms with Gasteiger partial charge in [0.25, 0.3) is 0 Å². The monoisotopic (exact) mass is 252 g/mol. The first-order valence-electron chi connectivity index (χ1n) is 5.23. The Morgan fingerprint density at radius 2 is 2.18 bits per heavy atom. The first kappa shape index (κ1) is 11.9. The summed E-state index contributed by atoms with van der Waals surface area (Å²) in [6.07, 6.45) is 0. The molecule has 0 atom stereocenters. The van der Waals surface area contributed by atoms with Crippen molar-refractivity contribution < 1.29 is 4.42 Å². The van der Waals surface area contributed by atoms with Gasteiger partial charge in [-0.1, -0.05) is 28.8 Å². The van der Waals surface area contributed by atoms with Gasteiger partial charge in [-0.2, -0.15) is 0 Å². The number of nitrogens with zero attached hydrogens (tertiary/aromatic N) is 2. The highest BCUT2D eigenvalue weighted by atomic mass is 35.5. The molecular formula is C11H13ClN4O. The summed E-state index contributed by atoms with van der Waals surface area (Å²) in [5, 5.41) is 14.4. The van der Waals surface area contributed by atoms with Crippen LogP contribution in [0.15, 0.2) is 28.7 Å². The minimum Gasteiger partial charge on any atom is -0.407 e. The van der Waals surface area contributed by atoms with E-state index in [0.29, 0.717) is 30.0 Å². The second-order valence-corrected chi connectivity index (χ2v) is 3.95. The van der Waals surface area contributed by atoms with Crippen LogP contribution in [-0.2, 0) is 13.1 Å². The van der Waals surface area contributed by atoms with Gasteiger partial charge in [0.1, 0.15) is 0 Å². The quantitative estimate of drug-likeness (QED) is 0.853. The molecule has 2 rings (SSSR count). The fourth-order valence-corrected chi connectivity index (χ4v) is 1.59.